The van der Waals surface area contributed by atoms with Crippen LogP contribution in [0.25, 0.3) is 11.3 Å². The summed E-state index contributed by atoms with van der Waals surface area (Å²) in [5, 5.41) is 11.0. The number of aromatic nitrogens is 1. The second-order valence-corrected chi connectivity index (χ2v) is 3.99. The van der Waals surface area contributed by atoms with Gasteiger partial charge < -0.3 is 4.74 Å². The summed E-state index contributed by atoms with van der Waals surface area (Å²) in [5.74, 6) is -0.358. The van der Waals surface area contributed by atoms with Gasteiger partial charge in [0.25, 0.3) is 5.69 Å². The van der Waals surface area contributed by atoms with Crippen molar-refractivity contribution in [2.75, 3.05) is 7.11 Å². The van der Waals surface area contributed by atoms with Crippen LogP contribution in [-0.4, -0.2) is 17.0 Å². The fourth-order valence-electron chi connectivity index (χ4n) is 1.59. The average Bonchev–Trinajstić information content (AvgIpc) is 2.38. The van der Waals surface area contributed by atoms with E-state index in [0.717, 1.165) is 6.07 Å². The van der Waals surface area contributed by atoms with Gasteiger partial charge in [0.05, 0.1) is 12.0 Å². The highest BCUT2D eigenvalue weighted by atomic mass is 35.5. The highest BCUT2D eigenvalue weighted by molar-refractivity contribution is 6.29. The van der Waals surface area contributed by atoms with Crippen molar-refractivity contribution in [1.29, 1.82) is 0 Å². The molecule has 5 nitrogen and oxygen atoms in total. The lowest BCUT2D eigenvalue weighted by atomic mass is 10.1. The number of nitro groups is 1. The first-order chi connectivity index (χ1) is 9.02. The smallest absolute Gasteiger partial charge is 0.295 e. The molecule has 0 amide bonds. The van der Waals surface area contributed by atoms with Crippen molar-refractivity contribution in [3.63, 3.8) is 0 Å². The lowest BCUT2D eigenvalue weighted by molar-refractivity contribution is -0.384. The predicted molar refractivity (Wildman–Crippen MR) is 67.8 cm³/mol. The molecule has 0 radical (unpaired) electrons. The summed E-state index contributed by atoms with van der Waals surface area (Å²) in [6, 6.07) is 6.45. The summed E-state index contributed by atoms with van der Waals surface area (Å²) in [7, 11) is 1.40. The quantitative estimate of drug-likeness (QED) is 0.491. The summed E-state index contributed by atoms with van der Waals surface area (Å²) < 4.78 is 18.8. The fourth-order valence-corrected chi connectivity index (χ4v) is 1.74. The van der Waals surface area contributed by atoms with Crippen LogP contribution in [-0.2, 0) is 0 Å². The van der Waals surface area contributed by atoms with E-state index in [0.29, 0.717) is 5.75 Å². The lowest BCUT2D eigenvalue weighted by Gasteiger charge is -2.06. The second-order valence-electron chi connectivity index (χ2n) is 3.60. The Balaban J connectivity index is 2.64. The molecule has 2 rings (SSSR count). The average molecular weight is 283 g/mol. The Kier molecular flexibility index (Phi) is 3.62. The molecule has 0 saturated carbocycles. The molecule has 1 aromatic carbocycles. The molecule has 2 aromatic rings. The largest absolute Gasteiger partial charge is 0.497 e. The standard InChI is InChI=1S/C12H8ClFN2O3/c1-19-7-2-3-8(9(14)6-7)12-10(16(17)18)4-5-11(13)15-12/h2-6H,1H3. The molecule has 0 atom stereocenters. The van der Waals surface area contributed by atoms with E-state index in [-0.39, 0.29) is 22.1 Å². The summed E-state index contributed by atoms with van der Waals surface area (Å²) in [6.45, 7) is 0. The summed E-state index contributed by atoms with van der Waals surface area (Å²) in [5.41, 5.74) is -0.430. The SMILES string of the molecule is COc1ccc(-c2nc(Cl)ccc2[N+](=O)[O-])c(F)c1. The third-order valence-corrected chi connectivity index (χ3v) is 2.68. The number of methoxy groups -OCH3 is 1. The van der Waals surface area contributed by atoms with E-state index in [4.69, 9.17) is 16.3 Å². The molecule has 1 aromatic heterocycles. The highest BCUT2D eigenvalue weighted by Gasteiger charge is 2.20. The number of halogens is 2. The van der Waals surface area contributed by atoms with Gasteiger partial charge in [0.2, 0.25) is 0 Å². The molecule has 7 heteroatoms. The number of hydrogen-bond donors (Lipinski definition) is 0. The number of pyridine rings is 1. The zero-order chi connectivity index (χ0) is 14.0. The summed E-state index contributed by atoms with van der Waals surface area (Å²) >= 11 is 5.70. The minimum absolute atomic E-state index is 0.00463. The van der Waals surface area contributed by atoms with Crippen molar-refractivity contribution in [1.82, 2.24) is 4.98 Å². The van der Waals surface area contributed by atoms with Gasteiger partial charge in [0, 0.05) is 17.7 Å². The van der Waals surface area contributed by atoms with Crippen molar-refractivity contribution >= 4 is 17.3 Å². The van der Waals surface area contributed by atoms with Crippen LogP contribution in [0.15, 0.2) is 30.3 Å². The number of nitrogens with zero attached hydrogens (tertiary/aromatic N) is 2. The molecule has 98 valence electrons. The zero-order valence-electron chi connectivity index (χ0n) is 9.76. The van der Waals surface area contributed by atoms with Gasteiger partial charge in [0.15, 0.2) is 5.69 Å². The van der Waals surface area contributed by atoms with Crippen molar-refractivity contribution < 1.29 is 14.1 Å². The third kappa shape index (κ3) is 2.63. The fraction of sp³-hybridized carbons (Fsp3) is 0.0833. The Bertz CT molecular complexity index is 649. The van der Waals surface area contributed by atoms with Crippen molar-refractivity contribution in [2.45, 2.75) is 0 Å². The van der Waals surface area contributed by atoms with Crippen molar-refractivity contribution in [3.05, 3.63) is 51.4 Å². The maximum atomic E-state index is 13.9. The Morgan fingerprint density at radius 2 is 2.11 bits per heavy atom. The molecular formula is C12H8ClFN2O3. The van der Waals surface area contributed by atoms with E-state index in [9.17, 15) is 14.5 Å². The van der Waals surface area contributed by atoms with Gasteiger partial charge in [0.1, 0.15) is 16.7 Å². The van der Waals surface area contributed by atoms with Crippen molar-refractivity contribution in [2.24, 2.45) is 0 Å². The van der Waals surface area contributed by atoms with Crippen molar-refractivity contribution in [3.8, 4) is 17.0 Å². The topological polar surface area (TPSA) is 65.3 Å². The van der Waals surface area contributed by atoms with Gasteiger partial charge in [-0.15, -0.1) is 0 Å². The van der Waals surface area contributed by atoms with Gasteiger partial charge in [-0.2, -0.15) is 0 Å². The molecule has 0 saturated heterocycles. The number of rotatable bonds is 3. The molecule has 0 aliphatic carbocycles. The Morgan fingerprint density at radius 3 is 2.68 bits per heavy atom. The summed E-state index contributed by atoms with van der Waals surface area (Å²) in [6.07, 6.45) is 0. The third-order valence-electron chi connectivity index (χ3n) is 2.47. The number of hydrogen-bond acceptors (Lipinski definition) is 4. The Hall–Kier alpha value is -2.21. The Labute approximate surface area is 112 Å². The maximum absolute atomic E-state index is 13.9. The molecule has 0 fully saturated rings. The van der Waals surface area contributed by atoms with Gasteiger partial charge >= 0.3 is 0 Å². The number of benzene rings is 1. The monoisotopic (exact) mass is 282 g/mol. The highest BCUT2D eigenvalue weighted by Crippen LogP contribution is 2.32. The first-order valence-electron chi connectivity index (χ1n) is 5.18. The van der Waals surface area contributed by atoms with Crippen LogP contribution in [0.2, 0.25) is 5.15 Å². The molecule has 0 bridgehead atoms. The zero-order valence-corrected chi connectivity index (χ0v) is 10.5. The minimum atomic E-state index is -0.669. The van der Waals surface area contributed by atoms with Crippen LogP contribution in [0, 0.1) is 15.9 Å². The molecule has 0 spiro atoms. The van der Waals surface area contributed by atoms with Gasteiger partial charge in [-0.1, -0.05) is 11.6 Å². The van der Waals surface area contributed by atoms with E-state index < -0.39 is 10.7 Å². The van der Waals surface area contributed by atoms with E-state index in [1.54, 1.807) is 0 Å². The first kappa shape index (κ1) is 13.2. The molecule has 0 N–H and O–H groups in total. The lowest BCUT2D eigenvalue weighted by Crippen LogP contribution is -1.97. The number of ether oxygens (including phenoxy) is 1. The molecular weight excluding hydrogens is 275 g/mol. The van der Waals surface area contributed by atoms with Gasteiger partial charge in [-0.25, -0.2) is 9.37 Å². The first-order valence-corrected chi connectivity index (χ1v) is 5.55. The second kappa shape index (κ2) is 5.19. The van der Waals surface area contributed by atoms with Gasteiger partial charge in [-0.05, 0) is 18.2 Å². The molecule has 0 unspecified atom stereocenters. The van der Waals surface area contributed by atoms with Crippen LogP contribution in [0.4, 0.5) is 10.1 Å². The van der Waals surface area contributed by atoms with Crippen LogP contribution in [0.3, 0.4) is 0 Å². The van der Waals surface area contributed by atoms with E-state index >= 15 is 0 Å². The van der Waals surface area contributed by atoms with E-state index in [1.165, 1.54) is 31.4 Å². The maximum Gasteiger partial charge on any atom is 0.295 e. The van der Waals surface area contributed by atoms with E-state index in [1.807, 2.05) is 0 Å². The molecule has 19 heavy (non-hydrogen) atoms. The molecule has 0 aliphatic rings. The van der Waals surface area contributed by atoms with E-state index in [2.05, 4.69) is 4.98 Å². The van der Waals surface area contributed by atoms with Gasteiger partial charge in [-0.3, -0.25) is 10.1 Å². The van der Waals surface area contributed by atoms with Crippen LogP contribution < -0.4 is 4.74 Å². The van der Waals surface area contributed by atoms with Crippen LogP contribution in [0.5, 0.6) is 5.75 Å². The van der Waals surface area contributed by atoms with Crippen LogP contribution in [0.1, 0.15) is 0 Å². The minimum Gasteiger partial charge on any atom is -0.497 e. The Morgan fingerprint density at radius 1 is 1.37 bits per heavy atom. The normalized spacial score (nSPS) is 10.3. The predicted octanol–water partition coefficient (Wildman–Crippen LogP) is 3.46. The molecule has 1 heterocycles. The van der Waals surface area contributed by atoms with Crippen LogP contribution >= 0.6 is 11.6 Å². The summed E-state index contributed by atoms with van der Waals surface area (Å²) in [4.78, 5) is 14.1. The molecule has 0 aliphatic heterocycles.